The Hall–Kier alpha value is -2.03. The monoisotopic (exact) mass is 291 g/mol. The first-order chi connectivity index (χ1) is 10.1. The van der Waals surface area contributed by atoms with Crippen molar-refractivity contribution in [2.24, 2.45) is 0 Å². The minimum atomic E-state index is -0.242. The highest BCUT2D eigenvalue weighted by Gasteiger charge is 2.11. The molecule has 0 bridgehead atoms. The molecule has 0 heterocycles. The van der Waals surface area contributed by atoms with Crippen molar-refractivity contribution in [2.75, 3.05) is 27.4 Å². The molecule has 0 spiro atoms. The Morgan fingerprint density at radius 1 is 1.43 bits per heavy atom. The van der Waals surface area contributed by atoms with Gasteiger partial charge in [-0.1, -0.05) is 11.8 Å². The van der Waals surface area contributed by atoms with Crippen LogP contribution in [0.1, 0.15) is 29.3 Å². The molecule has 0 saturated heterocycles. The zero-order valence-corrected chi connectivity index (χ0v) is 12.6. The second kappa shape index (κ2) is 9.01. The van der Waals surface area contributed by atoms with Gasteiger partial charge < -0.3 is 19.9 Å². The van der Waals surface area contributed by atoms with Crippen molar-refractivity contribution in [2.45, 2.75) is 19.4 Å². The highest BCUT2D eigenvalue weighted by atomic mass is 16.5. The normalized spacial score (nSPS) is 11.2. The fourth-order valence-electron chi connectivity index (χ4n) is 1.76. The number of rotatable bonds is 6. The largest absolute Gasteiger partial charge is 0.495 e. The van der Waals surface area contributed by atoms with E-state index in [-0.39, 0.29) is 18.6 Å². The lowest BCUT2D eigenvalue weighted by molar-refractivity contribution is 0.0929. The summed E-state index contributed by atoms with van der Waals surface area (Å²) in [4.78, 5) is 12.2. The lowest BCUT2D eigenvalue weighted by atomic mass is 10.1. The minimum absolute atomic E-state index is 0.0199. The Balaban J connectivity index is 2.85. The number of methoxy groups -OCH3 is 2. The van der Waals surface area contributed by atoms with Crippen molar-refractivity contribution in [1.82, 2.24) is 5.32 Å². The van der Waals surface area contributed by atoms with Crippen LogP contribution in [0.3, 0.4) is 0 Å². The van der Waals surface area contributed by atoms with E-state index in [0.29, 0.717) is 23.5 Å². The highest BCUT2D eigenvalue weighted by molar-refractivity contribution is 5.95. The van der Waals surface area contributed by atoms with E-state index in [1.165, 1.54) is 7.11 Å². The molecule has 0 saturated carbocycles. The number of carbonyl (C=O) groups excluding carboxylic acids is 1. The molecule has 1 aromatic rings. The lowest BCUT2D eigenvalue weighted by Gasteiger charge is -2.14. The van der Waals surface area contributed by atoms with Gasteiger partial charge in [0.1, 0.15) is 12.4 Å². The first-order valence-electron chi connectivity index (χ1n) is 6.70. The molecular weight excluding hydrogens is 270 g/mol. The van der Waals surface area contributed by atoms with Crippen molar-refractivity contribution in [3.63, 3.8) is 0 Å². The summed E-state index contributed by atoms with van der Waals surface area (Å²) in [5.74, 6) is 5.72. The van der Waals surface area contributed by atoms with Gasteiger partial charge in [-0.2, -0.15) is 0 Å². The van der Waals surface area contributed by atoms with E-state index < -0.39 is 0 Å². The summed E-state index contributed by atoms with van der Waals surface area (Å²) in [6, 6.07) is 5.05. The smallest absolute Gasteiger partial charge is 0.251 e. The number of amides is 1. The van der Waals surface area contributed by atoms with Crippen LogP contribution in [0.2, 0.25) is 0 Å². The van der Waals surface area contributed by atoms with Gasteiger partial charge in [-0.25, -0.2) is 0 Å². The van der Waals surface area contributed by atoms with Crippen LogP contribution in [0.4, 0.5) is 0 Å². The summed E-state index contributed by atoms with van der Waals surface area (Å²) < 4.78 is 10.2. The molecule has 1 aromatic carbocycles. The molecule has 1 atom stereocenters. The molecular formula is C16H21NO4. The van der Waals surface area contributed by atoms with Crippen LogP contribution in [-0.4, -0.2) is 44.5 Å². The number of aliphatic hydroxyl groups is 1. The second-order valence-corrected chi connectivity index (χ2v) is 4.53. The molecule has 5 nitrogen and oxygen atoms in total. The van der Waals surface area contributed by atoms with Crippen LogP contribution >= 0.6 is 0 Å². The van der Waals surface area contributed by atoms with E-state index in [1.807, 2.05) is 6.92 Å². The van der Waals surface area contributed by atoms with Crippen LogP contribution in [-0.2, 0) is 4.74 Å². The molecule has 0 radical (unpaired) electrons. The molecule has 1 amide bonds. The standard InChI is InChI=1S/C16H21NO4/c1-12(8-10-20-2)17-16(19)14-6-7-15(21-3)13(11-14)5-4-9-18/h6-7,11-12,18H,8-10H2,1-3H3,(H,17,19). The number of benzene rings is 1. The van der Waals surface area contributed by atoms with Gasteiger partial charge in [0.15, 0.2) is 0 Å². The third-order valence-corrected chi connectivity index (χ3v) is 2.90. The van der Waals surface area contributed by atoms with Crippen LogP contribution in [0.5, 0.6) is 5.75 Å². The van der Waals surface area contributed by atoms with Gasteiger partial charge >= 0.3 is 0 Å². The fourth-order valence-corrected chi connectivity index (χ4v) is 1.76. The average Bonchev–Trinajstić information content (AvgIpc) is 2.50. The number of aliphatic hydroxyl groups excluding tert-OH is 1. The predicted octanol–water partition coefficient (Wildman–Crippen LogP) is 1.19. The molecule has 0 aliphatic heterocycles. The van der Waals surface area contributed by atoms with Gasteiger partial charge in [-0.3, -0.25) is 4.79 Å². The van der Waals surface area contributed by atoms with E-state index in [1.54, 1.807) is 25.3 Å². The third-order valence-electron chi connectivity index (χ3n) is 2.90. The SMILES string of the molecule is COCCC(C)NC(=O)c1ccc(OC)c(C#CCO)c1. The molecule has 21 heavy (non-hydrogen) atoms. The van der Waals surface area contributed by atoms with Gasteiger partial charge in [0.05, 0.1) is 12.7 Å². The molecule has 1 unspecified atom stereocenters. The van der Waals surface area contributed by atoms with Gasteiger partial charge in [-0.05, 0) is 31.5 Å². The van der Waals surface area contributed by atoms with E-state index in [2.05, 4.69) is 17.2 Å². The molecule has 2 N–H and O–H groups in total. The van der Waals surface area contributed by atoms with Gasteiger partial charge in [0.25, 0.3) is 5.91 Å². The first-order valence-corrected chi connectivity index (χ1v) is 6.70. The Kier molecular flexibility index (Phi) is 7.30. The van der Waals surface area contributed by atoms with Crippen LogP contribution in [0, 0.1) is 11.8 Å². The first kappa shape index (κ1) is 17.0. The molecule has 0 aliphatic rings. The summed E-state index contributed by atoms with van der Waals surface area (Å²) >= 11 is 0. The zero-order chi connectivity index (χ0) is 15.7. The Morgan fingerprint density at radius 3 is 2.81 bits per heavy atom. The topological polar surface area (TPSA) is 67.8 Å². The minimum Gasteiger partial charge on any atom is -0.495 e. The van der Waals surface area contributed by atoms with Crippen LogP contribution < -0.4 is 10.1 Å². The maximum Gasteiger partial charge on any atom is 0.251 e. The lowest BCUT2D eigenvalue weighted by Crippen LogP contribution is -2.33. The van der Waals surface area contributed by atoms with Crippen LogP contribution in [0.15, 0.2) is 18.2 Å². The highest BCUT2D eigenvalue weighted by Crippen LogP contribution is 2.19. The summed E-state index contributed by atoms with van der Waals surface area (Å²) in [5, 5.41) is 11.7. The van der Waals surface area contributed by atoms with Crippen molar-refractivity contribution in [3.8, 4) is 17.6 Å². The maximum atomic E-state index is 12.2. The number of hydrogen-bond acceptors (Lipinski definition) is 4. The zero-order valence-electron chi connectivity index (χ0n) is 12.6. The van der Waals surface area contributed by atoms with Crippen molar-refractivity contribution in [3.05, 3.63) is 29.3 Å². The molecule has 0 aliphatic carbocycles. The quantitative estimate of drug-likeness (QED) is 0.773. The number of nitrogens with one attached hydrogen (secondary N) is 1. The molecule has 0 fully saturated rings. The molecule has 5 heteroatoms. The maximum absolute atomic E-state index is 12.2. The molecule has 1 rings (SSSR count). The Morgan fingerprint density at radius 2 is 2.19 bits per heavy atom. The third kappa shape index (κ3) is 5.46. The van der Waals surface area contributed by atoms with E-state index in [9.17, 15) is 4.79 Å². The summed E-state index contributed by atoms with van der Waals surface area (Å²) in [5.41, 5.74) is 1.08. The Labute approximate surface area is 125 Å². The fraction of sp³-hybridized carbons (Fsp3) is 0.438. The van der Waals surface area contributed by atoms with E-state index in [4.69, 9.17) is 14.6 Å². The van der Waals surface area contributed by atoms with Gasteiger partial charge in [0.2, 0.25) is 0 Å². The predicted molar refractivity (Wildman–Crippen MR) is 80.4 cm³/mol. The van der Waals surface area contributed by atoms with E-state index in [0.717, 1.165) is 6.42 Å². The second-order valence-electron chi connectivity index (χ2n) is 4.53. The van der Waals surface area contributed by atoms with Crippen molar-refractivity contribution < 1.29 is 19.4 Å². The van der Waals surface area contributed by atoms with Gasteiger partial charge in [0, 0.05) is 25.3 Å². The summed E-state index contributed by atoms with van der Waals surface area (Å²) in [6.07, 6.45) is 0.746. The summed E-state index contributed by atoms with van der Waals surface area (Å²) in [6.45, 7) is 2.28. The molecule has 114 valence electrons. The Bertz CT molecular complexity index is 531. The van der Waals surface area contributed by atoms with Gasteiger partial charge in [-0.15, -0.1) is 0 Å². The number of ether oxygens (including phenoxy) is 2. The van der Waals surface area contributed by atoms with Crippen LogP contribution in [0.25, 0.3) is 0 Å². The van der Waals surface area contributed by atoms with Crippen molar-refractivity contribution >= 4 is 5.91 Å². The van der Waals surface area contributed by atoms with Crippen molar-refractivity contribution in [1.29, 1.82) is 0 Å². The molecule has 0 aromatic heterocycles. The number of hydrogen-bond donors (Lipinski definition) is 2. The van der Waals surface area contributed by atoms with E-state index >= 15 is 0 Å². The average molecular weight is 291 g/mol. The summed E-state index contributed by atoms with van der Waals surface area (Å²) in [7, 11) is 3.16. The number of carbonyl (C=O) groups is 1.